The summed E-state index contributed by atoms with van der Waals surface area (Å²) >= 11 is 0. The number of hydrogen-bond donors (Lipinski definition) is 0. The zero-order chi connectivity index (χ0) is 37.9. The van der Waals surface area contributed by atoms with Gasteiger partial charge in [0.25, 0.3) is 0 Å². The Labute approximate surface area is 308 Å². The third kappa shape index (κ3) is 9.51. The van der Waals surface area contributed by atoms with Gasteiger partial charge in [-0.05, 0) is 81.5 Å². The first-order valence-corrected chi connectivity index (χ1v) is 17.9. The van der Waals surface area contributed by atoms with Gasteiger partial charge < -0.3 is 13.2 Å². The highest BCUT2D eigenvalue weighted by Crippen LogP contribution is 2.25. The van der Waals surface area contributed by atoms with E-state index in [4.69, 9.17) is 0 Å². The molecule has 0 aliphatic heterocycles. The summed E-state index contributed by atoms with van der Waals surface area (Å²) in [5.74, 6) is 0. The third-order valence-corrected chi connectivity index (χ3v) is 8.84. The predicted octanol–water partition coefficient (Wildman–Crippen LogP) is 9.92. The van der Waals surface area contributed by atoms with Gasteiger partial charge in [0.2, 0.25) is 0 Å². The second-order valence-electron chi connectivity index (χ2n) is 17.4. The molecule has 0 aliphatic carbocycles. The number of nitrogens with zero attached hydrogens (tertiary/aromatic N) is 9. The zero-order valence-electron chi connectivity index (χ0n) is 33.0. The summed E-state index contributed by atoms with van der Waals surface area (Å²) in [6, 6.07) is 18.9. The van der Waals surface area contributed by atoms with Crippen molar-refractivity contribution < 1.29 is 0 Å². The lowest BCUT2D eigenvalue weighted by molar-refractivity contribution is 0.573. The van der Waals surface area contributed by atoms with E-state index in [0.29, 0.717) is 0 Å². The van der Waals surface area contributed by atoms with Crippen molar-refractivity contribution in [2.24, 2.45) is 0 Å². The summed E-state index contributed by atoms with van der Waals surface area (Å²) < 4.78 is 8.01. The van der Waals surface area contributed by atoms with Gasteiger partial charge in [-0.15, -0.1) is 10.2 Å². The highest BCUT2D eigenvalue weighted by Gasteiger charge is 2.17. The molecule has 0 bridgehead atoms. The Kier molecular flexibility index (Phi) is 10.8. The Morgan fingerprint density at radius 2 is 1.10 bits per heavy atom. The molecule has 8 heterocycles. The van der Waals surface area contributed by atoms with E-state index in [1.54, 1.807) is 6.33 Å². The molecule has 0 spiro atoms. The minimum absolute atomic E-state index is 0.131. The number of pyridine rings is 4. The first-order chi connectivity index (χ1) is 24.3. The summed E-state index contributed by atoms with van der Waals surface area (Å²) in [6.45, 7) is 26.4. The molecule has 0 radical (unpaired) electrons. The van der Waals surface area contributed by atoms with Gasteiger partial charge in [-0.3, -0.25) is 4.40 Å². The van der Waals surface area contributed by atoms with Crippen molar-refractivity contribution in [3.05, 3.63) is 139 Å². The molecular weight excluding hydrogens is 643 g/mol. The topological polar surface area (TPSA) is 82.1 Å². The van der Waals surface area contributed by atoms with E-state index in [-0.39, 0.29) is 21.7 Å². The van der Waals surface area contributed by atoms with Crippen LogP contribution in [0.1, 0.15) is 105 Å². The SMILES string of the molecule is CC(C)(C)c1ccn2ccnc2c1.CC(C)(C)c1ccn2cncc2c1.CC(C)(C)c1ccn2cnnc2c1.CC(C)(C)c1cn2ccccc2n1. The first-order valence-electron chi connectivity index (χ1n) is 17.9. The van der Waals surface area contributed by atoms with Crippen LogP contribution in [-0.2, 0) is 21.7 Å². The Bertz CT molecular complexity index is 2110. The van der Waals surface area contributed by atoms with Crippen LogP contribution in [0.2, 0.25) is 0 Å². The average molecular weight is 698 g/mol. The largest absolute Gasteiger partial charge is 0.307 e. The molecule has 0 fully saturated rings. The second kappa shape index (κ2) is 14.7. The molecule has 0 atom stereocenters. The van der Waals surface area contributed by atoms with Crippen LogP contribution in [0.25, 0.3) is 22.5 Å². The third-order valence-electron chi connectivity index (χ3n) is 8.84. The van der Waals surface area contributed by atoms with Crippen LogP contribution in [0.4, 0.5) is 0 Å². The number of rotatable bonds is 0. The van der Waals surface area contributed by atoms with E-state index >= 15 is 0 Å². The maximum Gasteiger partial charge on any atom is 0.160 e. The standard InChI is InChI=1S/3C11H14N2.C10H13N3/c1-11(2,3)9-4-6-13-7-5-12-10(13)8-9;1-11(2,3)9-4-5-13-8-12-7-10(13)6-9;1-11(2,3)9-8-13-7-5-4-6-10(13)12-9;1-10(2,3)8-4-5-13-7-11-12-9(13)6-8/h3*4-8H,1-3H3;4-7H,1-3H3. The normalized spacial score (nSPS) is 12.2. The zero-order valence-corrected chi connectivity index (χ0v) is 33.0. The van der Waals surface area contributed by atoms with Crippen LogP contribution in [0.15, 0.2) is 117 Å². The second-order valence-corrected chi connectivity index (χ2v) is 17.4. The van der Waals surface area contributed by atoms with Gasteiger partial charge >= 0.3 is 0 Å². The van der Waals surface area contributed by atoms with Gasteiger partial charge in [-0.2, -0.15) is 0 Å². The molecule has 8 aromatic rings. The number of aromatic nitrogens is 9. The maximum absolute atomic E-state index is 4.55. The molecule has 0 N–H and O–H groups in total. The van der Waals surface area contributed by atoms with Crippen molar-refractivity contribution in [1.29, 1.82) is 0 Å². The maximum atomic E-state index is 4.55. The van der Waals surface area contributed by atoms with E-state index in [0.717, 1.165) is 28.2 Å². The monoisotopic (exact) mass is 697 g/mol. The summed E-state index contributed by atoms with van der Waals surface area (Å²) in [5.41, 5.74) is 9.93. The molecule has 0 aromatic carbocycles. The van der Waals surface area contributed by atoms with Crippen molar-refractivity contribution in [2.75, 3.05) is 0 Å². The van der Waals surface area contributed by atoms with Crippen LogP contribution in [0, 0.1) is 0 Å². The molecule has 0 saturated heterocycles. The summed E-state index contributed by atoms with van der Waals surface area (Å²) in [7, 11) is 0. The molecule has 9 nitrogen and oxygen atoms in total. The Balaban J connectivity index is 0.000000134. The van der Waals surface area contributed by atoms with Crippen LogP contribution in [0.5, 0.6) is 0 Å². The van der Waals surface area contributed by atoms with Crippen molar-refractivity contribution in [3.8, 4) is 0 Å². The Morgan fingerprint density at radius 1 is 0.500 bits per heavy atom. The van der Waals surface area contributed by atoms with Crippen molar-refractivity contribution in [3.63, 3.8) is 0 Å². The molecule has 0 aliphatic rings. The molecule has 8 aromatic heterocycles. The van der Waals surface area contributed by atoms with Gasteiger partial charge in [0.1, 0.15) is 17.6 Å². The van der Waals surface area contributed by atoms with Crippen molar-refractivity contribution in [1.82, 2.24) is 42.8 Å². The van der Waals surface area contributed by atoms with E-state index in [1.165, 1.54) is 16.7 Å². The fourth-order valence-corrected chi connectivity index (χ4v) is 5.34. The predicted molar refractivity (Wildman–Crippen MR) is 213 cm³/mol. The van der Waals surface area contributed by atoms with E-state index in [2.05, 4.69) is 168 Å². The lowest BCUT2D eigenvalue weighted by Gasteiger charge is -2.18. The Morgan fingerprint density at radius 3 is 1.71 bits per heavy atom. The highest BCUT2D eigenvalue weighted by molar-refractivity contribution is 5.48. The fourth-order valence-electron chi connectivity index (χ4n) is 5.34. The van der Waals surface area contributed by atoms with E-state index < -0.39 is 0 Å². The quantitative estimate of drug-likeness (QED) is 0.158. The molecule has 0 amide bonds. The summed E-state index contributed by atoms with van der Waals surface area (Å²) in [5, 5.41) is 7.84. The molecule has 9 heteroatoms. The molecular formula is C43H55N9. The van der Waals surface area contributed by atoms with E-state index in [1.807, 2.05) is 68.7 Å². The highest BCUT2D eigenvalue weighted by atomic mass is 15.2. The molecule has 0 saturated carbocycles. The average Bonchev–Trinajstić information content (AvgIpc) is 3.89. The van der Waals surface area contributed by atoms with E-state index in [9.17, 15) is 0 Å². The summed E-state index contributed by atoms with van der Waals surface area (Å²) in [4.78, 5) is 12.9. The van der Waals surface area contributed by atoms with Crippen LogP contribution >= 0.6 is 0 Å². The lowest BCUT2D eigenvalue weighted by atomic mass is 9.88. The number of fused-ring (bicyclic) bond motifs is 4. The minimum atomic E-state index is 0.131. The molecule has 272 valence electrons. The van der Waals surface area contributed by atoms with Gasteiger partial charge in [0.15, 0.2) is 5.65 Å². The minimum Gasteiger partial charge on any atom is -0.307 e. The summed E-state index contributed by atoms with van der Waals surface area (Å²) in [6.07, 6.45) is 19.4. The van der Waals surface area contributed by atoms with Gasteiger partial charge in [0, 0.05) is 48.8 Å². The van der Waals surface area contributed by atoms with Crippen LogP contribution in [-0.4, -0.2) is 42.8 Å². The van der Waals surface area contributed by atoms with Crippen molar-refractivity contribution in [2.45, 2.75) is 105 Å². The first kappa shape index (κ1) is 37.9. The van der Waals surface area contributed by atoms with Gasteiger partial charge in [0.05, 0.1) is 23.7 Å². The van der Waals surface area contributed by atoms with Gasteiger partial charge in [-0.25, -0.2) is 15.0 Å². The number of hydrogen-bond acceptors (Lipinski definition) is 5. The van der Waals surface area contributed by atoms with Crippen molar-refractivity contribution >= 4 is 22.5 Å². The molecule has 52 heavy (non-hydrogen) atoms. The van der Waals surface area contributed by atoms with Crippen LogP contribution < -0.4 is 0 Å². The lowest BCUT2D eigenvalue weighted by Crippen LogP contribution is -2.11. The number of imidazole rings is 3. The van der Waals surface area contributed by atoms with Gasteiger partial charge in [-0.1, -0.05) is 89.2 Å². The smallest absolute Gasteiger partial charge is 0.160 e. The Hall–Kier alpha value is -5.31. The fraction of sp³-hybridized carbons (Fsp3) is 0.372. The molecule has 0 unspecified atom stereocenters. The van der Waals surface area contributed by atoms with Crippen LogP contribution in [0.3, 0.4) is 0 Å². The molecule has 8 rings (SSSR count).